The molecule has 1 atom stereocenters. The highest BCUT2D eigenvalue weighted by atomic mass is 19.1. The molecule has 0 bridgehead atoms. The molecular formula is C14H18FNO2. The summed E-state index contributed by atoms with van der Waals surface area (Å²) in [5, 5.41) is 0. The van der Waals surface area contributed by atoms with Gasteiger partial charge in [-0.2, -0.15) is 0 Å². The molecule has 1 aliphatic heterocycles. The molecule has 1 aromatic carbocycles. The molecule has 98 valence electrons. The first-order valence-electron chi connectivity index (χ1n) is 6.27. The van der Waals surface area contributed by atoms with E-state index in [0.29, 0.717) is 6.54 Å². The molecule has 1 fully saturated rings. The zero-order valence-electron chi connectivity index (χ0n) is 10.6. The summed E-state index contributed by atoms with van der Waals surface area (Å²) < 4.78 is 17.6. The molecule has 0 aromatic heterocycles. The Morgan fingerprint density at radius 1 is 1.39 bits per heavy atom. The van der Waals surface area contributed by atoms with Crippen LogP contribution in [0.3, 0.4) is 0 Å². The van der Waals surface area contributed by atoms with E-state index in [-0.39, 0.29) is 17.8 Å². The van der Waals surface area contributed by atoms with Gasteiger partial charge >= 0.3 is 5.97 Å². The van der Waals surface area contributed by atoms with Crippen LogP contribution in [-0.2, 0) is 9.53 Å². The number of nitrogens with zero attached hydrogens (tertiary/aromatic N) is 1. The Morgan fingerprint density at radius 2 is 2.11 bits per heavy atom. The lowest BCUT2D eigenvalue weighted by Crippen LogP contribution is -2.37. The minimum Gasteiger partial charge on any atom is -0.468 e. The fourth-order valence-corrected chi connectivity index (χ4v) is 2.47. The molecule has 1 heterocycles. The third-order valence-corrected chi connectivity index (χ3v) is 3.43. The summed E-state index contributed by atoms with van der Waals surface area (Å²) in [5.41, 5.74) is 1.07. The van der Waals surface area contributed by atoms with Crippen molar-refractivity contribution in [2.24, 2.45) is 0 Å². The Morgan fingerprint density at radius 3 is 2.78 bits per heavy atom. The van der Waals surface area contributed by atoms with Crippen molar-refractivity contribution < 1.29 is 13.9 Å². The van der Waals surface area contributed by atoms with Gasteiger partial charge < -0.3 is 4.74 Å². The second kappa shape index (κ2) is 5.96. The predicted octanol–water partition coefficient (Wildman–Crippen LogP) is 2.53. The van der Waals surface area contributed by atoms with Crippen molar-refractivity contribution in [3.8, 4) is 0 Å². The maximum absolute atomic E-state index is 12.9. The van der Waals surface area contributed by atoms with E-state index in [0.717, 1.165) is 31.4 Å². The molecule has 18 heavy (non-hydrogen) atoms. The lowest BCUT2D eigenvalue weighted by atomic mass is 9.95. The molecule has 0 spiro atoms. The Balaban J connectivity index is 2.12. The number of benzene rings is 1. The van der Waals surface area contributed by atoms with Gasteiger partial charge in [-0.05, 0) is 37.1 Å². The molecule has 0 amide bonds. The van der Waals surface area contributed by atoms with Gasteiger partial charge in [0.1, 0.15) is 5.82 Å². The number of esters is 1. The van der Waals surface area contributed by atoms with Crippen LogP contribution < -0.4 is 0 Å². The quantitative estimate of drug-likeness (QED) is 0.773. The Kier molecular flexibility index (Phi) is 4.31. The number of methoxy groups -OCH3 is 1. The molecule has 0 N–H and O–H groups in total. The summed E-state index contributed by atoms with van der Waals surface area (Å²) in [6.45, 7) is 1.19. The number of hydrogen-bond acceptors (Lipinski definition) is 3. The summed E-state index contributed by atoms with van der Waals surface area (Å²) in [6, 6.07) is 6.74. The van der Waals surface area contributed by atoms with E-state index in [9.17, 15) is 9.18 Å². The normalized spacial score (nSPS) is 20.7. The van der Waals surface area contributed by atoms with Gasteiger partial charge in [0.25, 0.3) is 0 Å². The van der Waals surface area contributed by atoms with Gasteiger partial charge in [0.15, 0.2) is 0 Å². The zero-order valence-corrected chi connectivity index (χ0v) is 10.6. The highest BCUT2D eigenvalue weighted by Crippen LogP contribution is 2.30. The fourth-order valence-electron chi connectivity index (χ4n) is 2.47. The Bertz CT molecular complexity index is 405. The summed E-state index contributed by atoms with van der Waals surface area (Å²) in [6.07, 6.45) is 3.23. The van der Waals surface area contributed by atoms with Crippen molar-refractivity contribution in [1.82, 2.24) is 4.90 Å². The van der Waals surface area contributed by atoms with E-state index in [2.05, 4.69) is 4.90 Å². The molecule has 1 unspecified atom stereocenters. The maximum atomic E-state index is 12.9. The first-order chi connectivity index (χ1) is 8.70. The largest absolute Gasteiger partial charge is 0.468 e. The van der Waals surface area contributed by atoms with E-state index >= 15 is 0 Å². The van der Waals surface area contributed by atoms with Crippen LogP contribution in [-0.4, -0.2) is 31.1 Å². The predicted molar refractivity (Wildman–Crippen MR) is 66.6 cm³/mol. The minimum atomic E-state index is -0.228. The third-order valence-electron chi connectivity index (χ3n) is 3.43. The van der Waals surface area contributed by atoms with Crippen LogP contribution in [0, 0.1) is 5.82 Å². The number of hydrogen-bond donors (Lipinski definition) is 0. The van der Waals surface area contributed by atoms with Crippen LogP contribution in [0.2, 0.25) is 0 Å². The number of carbonyl (C=O) groups excluding carboxylic acids is 1. The van der Waals surface area contributed by atoms with Crippen LogP contribution in [0.4, 0.5) is 4.39 Å². The van der Waals surface area contributed by atoms with Gasteiger partial charge in [0.05, 0.1) is 13.7 Å². The van der Waals surface area contributed by atoms with Gasteiger partial charge in [-0.1, -0.05) is 18.6 Å². The van der Waals surface area contributed by atoms with Gasteiger partial charge in [-0.3, -0.25) is 9.69 Å². The molecule has 2 rings (SSSR count). The number of carbonyl (C=O) groups is 1. The van der Waals surface area contributed by atoms with Gasteiger partial charge in [0, 0.05) is 6.04 Å². The second-order valence-electron chi connectivity index (χ2n) is 4.61. The van der Waals surface area contributed by atoms with Crippen LogP contribution in [0.1, 0.15) is 30.9 Å². The molecule has 0 radical (unpaired) electrons. The fraction of sp³-hybridized carbons (Fsp3) is 0.500. The smallest absolute Gasteiger partial charge is 0.319 e. The minimum absolute atomic E-state index is 0.193. The number of ether oxygens (including phenoxy) is 1. The molecule has 4 heteroatoms. The van der Waals surface area contributed by atoms with E-state index in [4.69, 9.17) is 4.74 Å². The van der Waals surface area contributed by atoms with Crippen LogP contribution in [0.25, 0.3) is 0 Å². The molecular weight excluding hydrogens is 233 g/mol. The lowest BCUT2D eigenvalue weighted by molar-refractivity contribution is -0.143. The highest BCUT2D eigenvalue weighted by Gasteiger charge is 2.25. The van der Waals surface area contributed by atoms with Crippen molar-refractivity contribution in [2.75, 3.05) is 20.2 Å². The first kappa shape index (κ1) is 13.0. The number of piperidine rings is 1. The van der Waals surface area contributed by atoms with Crippen molar-refractivity contribution in [3.05, 3.63) is 35.6 Å². The van der Waals surface area contributed by atoms with Crippen molar-refractivity contribution in [3.63, 3.8) is 0 Å². The number of halogens is 1. The van der Waals surface area contributed by atoms with E-state index in [1.807, 2.05) is 0 Å². The molecule has 3 nitrogen and oxygen atoms in total. The topological polar surface area (TPSA) is 29.5 Å². The number of rotatable bonds is 3. The van der Waals surface area contributed by atoms with Crippen molar-refractivity contribution >= 4 is 5.97 Å². The Hall–Kier alpha value is -1.42. The molecule has 1 aliphatic rings. The standard InChI is InChI=1S/C14H18FNO2/c1-18-14(17)10-16-9-3-2-4-13(16)11-5-7-12(15)8-6-11/h5-8,13H,2-4,9-10H2,1H3. The highest BCUT2D eigenvalue weighted by molar-refractivity contribution is 5.71. The van der Waals surface area contributed by atoms with Crippen LogP contribution in [0.5, 0.6) is 0 Å². The van der Waals surface area contributed by atoms with Crippen LogP contribution in [0.15, 0.2) is 24.3 Å². The first-order valence-corrected chi connectivity index (χ1v) is 6.27. The van der Waals surface area contributed by atoms with Crippen molar-refractivity contribution in [1.29, 1.82) is 0 Å². The SMILES string of the molecule is COC(=O)CN1CCCCC1c1ccc(F)cc1. The van der Waals surface area contributed by atoms with E-state index in [1.54, 1.807) is 12.1 Å². The van der Waals surface area contributed by atoms with E-state index in [1.165, 1.54) is 19.2 Å². The molecule has 0 aliphatic carbocycles. The molecule has 1 saturated heterocycles. The monoisotopic (exact) mass is 251 g/mol. The molecule has 0 saturated carbocycles. The maximum Gasteiger partial charge on any atom is 0.319 e. The summed E-state index contributed by atoms with van der Waals surface area (Å²) in [7, 11) is 1.40. The Labute approximate surface area is 107 Å². The van der Waals surface area contributed by atoms with Crippen LogP contribution >= 0.6 is 0 Å². The summed E-state index contributed by atoms with van der Waals surface area (Å²) >= 11 is 0. The van der Waals surface area contributed by atoms with Gasteiger partial charge in [-0.25, -0.2) is 4.39 Å². The lowest BCUT2D eigenvalue weighted by Gasteiger charge is -2.35. The van der Waals surface area contributed by atoms with E-state index < -0.39 is 0 Å². The third kappa shape index (κ3) is 3.07. The van der Waals surface area contributed by atoms with Gasteiger partial charge in [-0.15, -0.1) is 0 Å². The summed E-state index contributed by atoms with van der Waals surface area (Å²) in [4.78, 5) is 13.5. The second-order valence-corrected chi connectivity index (χ2v) is 4.61. The number of likely N-dealkylation sites (tertiary alicyclic amines) is 1. The van der Waals surface area contributed by atoms with Gasteiger partial charge in [0.2, 0.25) is 0 Å². The summed E-state index contributed by atoms with van der Waals surface area (Å²) in [5.74, 6) is -0.446. The zero-order chi connectivity index (χ0) is 13.0. The average Bonchev–Trinajstić information content (AvgIpc) is 2.40. The van der Waals surface area contributed by atoms with Crippen molar-refractivity contribution in [2.45, 2.75) is 25.3 Å². The average molecular weight is 251 g/mol. The molecule has 1 aromatic rings.